The lowest BCUT2D eigenvalue weighted by Gasteiger charge is -2.05. The summed E-state index contributed by atoms with van der Waals surface area (Å²) < 4.78 is 45.1. The summed E-state index contributed by atoms with van der Waals surface area (Å²) in [7, 11) is 0. The van der Waals surface area contributed by atoms with Crippen LogP contribution >= 0.6 is 11.6 Å². The maximum atomic E-state index is 11.9. The largest absolute Gasteiger partial charge is 0.411 e. The Morgan fingerprint density at radius 1 is 1.33 bits per heavy atom. The van der Waals surface area contributed by atoms with Crippen molar-refractivity contribution in [1.29, 1.82) is 0 Å². The van der Waals surface area contributed by atoms with Crippen LogP contribution in [0.15, 0.2) is 22.7 Å². The number of ether oxygens (including phenoxy) is 1. The molecule has 2 aromatic rings. The molecule has 21 heavy (non-hydrogen) atoms. The minimum absolute atomic E-state index is 0.103. The Bertz CT molecular complexity index is 616. The Balaban J connectivity index is 1.95. The molecule has 0 aliphatic carbocycles. The van der Waals surface area contributed by atoms with Gasteiger partial charge in [0, 0.05) is 12.1 Å². The standard InChI is InChI=1S/C12H11ClF3N3O2/c13-9-5-7(17)1-2-8(9)11-18-10(19-21-11)3-4-20-6-12(14,15)16/h1-2,5H,3-4,6,17H2. The number of nitrogen functional groups attached to an aromatic ring is 1. The Hall–Kier alpha value is -1.80. The molecule has 0 saturated heterocycles. The lowest BCUT2D eigenvalue weighted by Crippen LogP contribution is -2.18. The number of anilines is 1. The summed E-state index contributed by atoms with van der Waals surface area (Å²) in [5.41, 5.74) is 6.56. The molecular formula is C12H11ClF3N3O2. The second-order valence-corrected chi connectivity index (χ2v) is 4.58. The van der Waals surface area contributed by atoms with Crippen LogP contribution in [0.25, 0.3) is 11.5 Å². The van der Waals surface area contributed by atoms with Crippen molar-refractivity contribution >= 4 is 17.3 Å². The fourth-order valence-corrected chi connectivity index (χ4v) is 1.79. The number of hydrogen-bond acceptors (Lipinski definition) is 5. The van der Waals surface area contributed by atoms with Crippen LogP contribution in [0.3, 0.4) is 0 Å². The van der Waals surface area contributed by atoms with E-state index in [0.29, 0.717) is 16.3 Å². The highest BCUT2D eigenvalue weighted by Gasteiger charge is 2.27. The Labute approximate surface area is 122 Å². The molecule has 0 fully saturated rings. The SMILES string of the molecule is Nc1ccc(-c2nc(CCOCC(F)(F)F)no2)c(Cl)c1. The normalized spacial score (nSPS) is 11.8. The van der Waals surface area contributed by atoms with Crippen LogP contribution in [0.2, 0.25) is 5.02 Å². The Morgan fingerprint density at radius 2 is 2.10 bits per heavy atom. The number of nitrogens with zero attached hydrogens (tertiary/aromatic N) is 2. The molecule has 114 valence electrons. The van der Waals surface area contributed by atoms with Crippen molar-refractivity contribution < 1.29 is 22.4 Å². The van der Waals surface area contributed by atoms with Crippen molar-refractivity contribution in [2.45, 2.75) is 12.6 Å². The average molecular weight is 322 g/mol. The molecular weight excluding hydrogens is 311 g/mol. The van der Waals surface area contributed by atoms with E-state index in [9.17, 15) is 13.2 Å². The van der Waals surface area contributed by atoms with Gasteiger partial charge in [-0.25, -0.2) is 0 Å². The lowest BCUT2D eigenvalue weighted by atomic mass is 10.2. The first-order valence-corrected chi connectivity index (χ1v) is 6.25. The van der Waals surface area contributed by atoms with Crippen LogP contribution in [-0.4, -0.2) is 29.5 Å². The fraction of sp³-hybridized carbons (Fsp3) is 0.333. The van der Waals surface area contributed by atoms with Crippen LogP contribution in [-0.2, 0) is 11.2 Å². The molecule has 2 rings (SSSR count). The number of benzene rings is 1. The molecule has 0 amide bonds. The maximum Gasteiger partial charge on any atom is 0.411 e. The minimum atomic E-state index is -4.35. The average Bonchev–Trinajstić information content (AvgIpc) is 2.82. The van der Waals surface area contributed by atoms with E-state index in [-0.39, 0.29) is 24.7 Å². The van der Waals surface area contributed by atoms with E-state index in [1.54, 1.807) is 12.1 Å². The van der Waals surface area contributed by atoms with Crippen molar-refractivity contribution in [2.75, 3.05) is 18.9 Å². The first-order chi connectivity index (χ1) is 9.85. The van der Waals surface area contributed by atoms with Crippen molar-refractivity contribution in [3.8, 4) is 11.5 Å². The molecule has 0 saturated carbocycles. The summed E-state index contributed by atoms with van der Waals surface area (Å²) in [5.74, 6) is 0.408. The van der Waals surface area contributed by atoms with E-state index in [4.69, 9.17) is 21.9 Å². The van der Waals surface area contributed by atoms with E-state index < -0.39 is 12.8 Å². The van der Waals surface area contributed by atoms with Crippen molar-refractivity contribution in [3.05, 3.63) is 29.0 Å². The number of alkyl halides is 3. The molecule has 1 aromatic heterocycles. The fourth-order valence-electron chi connectivity index (χ4n) is 1.52. The van der Waals surface area contributed by atoms with E-state index in [0.717, 1.165) is 0 Å². The van der Waals surface area contributed by atoms with Crippen LogP contribution in [0.5, 0.6) is 0 Å². The van der Waals surface area contributed by atoms with Gasteiger partial charge in [0.1, 0.15) is 6.61 Å². The van der Waals surface area contributed by atoms with Gasteiger partial charge >= 0.3 is 6.18 Å². The molecule has 0 aliphatic heterocycles. The summed E-state index contributed by atoms with van der Waals surface area (Å²) in [6.07, 6.45) is -4.24. The zero-order chi connectivity index (χ0) is 15.5. The molecule has 0 unspecified atom stereocenters. The van der Waals surface area contributed by atoms with E-state index in [1.165, 1.54) is 6.07 Å². The highest BCUT2D eigenvalue weighted by Crippen LogP contribution is 2.28. The number of nitrogens with two attached hydrogens (primary N) is 1. The highest BCUT2D eigenvalue weighted by molar-refractivity contribution is 6.33. The number of hydrogen-bond donors (Lipinski definition) is 1. The van der Waals surface area contributed by atoms with E-state index in [1.807, 2.05) is 0 Å². The van der Waals surface area contributed by atoms with Gasteiger partial charge in [-0.1, -0.05) is 16.8 Å². The van der Waals surface area contributed by atoms with Gasteiger partial charge in [-0.2, -0.15) is 18.2 Å². The molecule has 2 N–H and O–H groups in total. The lowest BCUT2D eigenvalue weighted by molar-refractivity contribution is -0.173. The van der Waals surface area contributed by atoms with Gasteiger partial charge in [0.05, 0.1) is 17.2 Å². The summed E-state index contributed by atoms with van der Waals surface area (Å²) in [4.78, 5) is 4.04. The monoisotopic (exact) mass is 321 g/mol. The number of halogens is 4. The molecule has 0 spiro atoms. The van der Waals surface area contributed by atoms with Crippen LogP contribution < -0.4 is 5.73 Å². The molecule has 0 radical (unpaired) electrons. The smallest absolute Gasteiger partial charge is 0.399 e. The Morgan fingerprint density at radius 3 is 2.76 bits per heavy atom. The van der Waals surface area contributed by atoms with Gasteiger partial charge in [0.25, 0.3) is 5.89 Å². The van der Waals surface area contributed by atoms with Crippen molar-refractivity contribution in [1.82, 2.24) is 10.1 Å². The summed E-state index contributed by atoms with van der Waals surface area (Å²) >= 11 is 5.99. The summed E-state index contributed by atoms with van der Waals surface area (Å²) in [6, 6.07) is 4.78. The third kappa shape index (κ3) is 4.61. The van der Waals surface area contributed by atoms with Gasteiger partial charge in [-0.15, -0.1) is 0 Å². The second-order valence-electron chi connectivity index (χ2n) is 4.17. The number of rotatable bonds is 5. The Kier molecular flexibility index (Phi) is 4.69. The molecule has 9 heteroatoms. The molecule has 1 heterocycles. The van der Waals surface area contributed by atoms with Gasteiger partial charge < -0.3 is 15.0 Å². The second kappa shape index (κ2) is 6.31. The van der Waals surface area contributed by atoms with Gasteiger partial charge in [-0.3, -0.25) is 0 Å². The summed E-state index contributed by atoms with van der Waals surface area (Å²) in [5, 5.41) is 4.00. The maximum absolute atomic E-state index is 11.9. The van der Waals surface area contributed by atoms with Gasteiger partial charge in [-0.05, 0) is 18.2 Å². The third-order valence-corrected chi connectivity index (χ3v) is 2.74. The zero-order valence-electron chi connectivity index (χ0n) is 10.7. The molecule has 1 aromatic carbocycles. The third-order valence-electron chi connectivity index (χ3n) is 2.43. The molecule has 5 nitrogen and oxygen atoms in total. The van der Waals surface area contributed by atoms with Crippen molar-refractivity contribution in [3.63, 3.8) is 0 Å². The van der Waals surface area contributed by atoms with E-state index in [2.05, 4.69) is 14.9 Å². The van der Waals surface area contributed by atoms with E-state index >= 15 is 0 Å². The van der Waals surface area contributed by atoms with Crippen LogP contribution in [0.4, 0.5) is 18.9 Å². The topological polar surface area (TPSA) is 74.2 Å². The van der Waals surface area contributed by atoms with Crippen LogP contribution in [0, 0.1) is 0 Å². The predicted molar refractivity (Wildman–Crippen MR) is 69.7 cm³/mol. The molecule has 0 bridgehead atoms. The van der Waals surface area contributed by atoms with Crippen LogP contribution in [0.1, 0.15) is 5.82 Å². The minimum Gasteiger partial charge on any atom is -0.399 e. The quantitative estimate of drug-likeness (QED) is 0.676. The molecule has 0 atom stereocenters. The van der Waals surface area contributed by atoms with Crippen molar-refractivity contribution in [2.24, 2.45) is 0 Å². The summed E-state index contributed by atoms with van der Waals surface area (Å²) in [6.45, 7) is -1.46. The van der Waals surface area contributed by atoms with Gasteiger partial charge in [0.2, 0.25) is 0 Å². The first kappa shape index (κ1) is 15.6. The molecule has 0 aliphatic rings. The zero-order valence-corrected chi connectivity index (χ0v) is 11.4. The number of aromatic nitrogens is 2. The predicted octanol–water partition coefficient (Wildman–Crippen LogP) is 3.09. The first-order valence-electron chi connectivity index (χ1n) is 5.87. The highest BCUT2D eigenvalue weighted by atomic mass is 35.5. The van der Waals surface area contributed by atoms with Gasteiger partial charge in [0.15, 0.2) is 5.82 Å².